The predicted octanol–water partition coefficient (Wildman–Crippen LogP) is 4.56. The van der Waals surface area contributed by atoms with Gasteiger partial charge in [0, 0.05) is 28.7 Å². The van der Waals surface area contributed by atoms with Gasteiger partial charge in [0.25, 0.3) is 0 Å². The molecule has 1 fully saturated rings. The van der Waals surface area contributed by atoms with Crippen molar-refractivity contribution in [3.05, 3.63) is 58.5 Å². The molecule has 2 atom stereocenters. The van der Waals surface area contributed by atoms with Crippen molar-refractivity contribution in [3.8, 4) is 0 Å². The van der Waals surface area contributed by atoms with Crippen molar-refractivity contribution >= 4 is 11.6 Å². The lowest BCUT2D eigenvalue weighted by Crippen LogP contribution is -2.48. The number of allylic oxidation sites excluding steroid dienone is 3. The maximum absolute atomic E-state index is 6.08. The van der Waals surface area contributed by atoms with Gasteiger partial charge in [-0.2, -0.15) is 0 Å². The molecule has 3 rings (SSSR count). The SMILES string of the molecule is CN(C)CCOC1=CCC2C(=C1)NC(C)(C)CC2c1ccc(Cl)cc1. The highest BCUT2D eigenvalue weighted by atomic mass is 35.5. The molecular weight excluding hydrogens is 332 g/mol. The van der Waals surface area contributed by atoms with Crippen LogP contribution in [0.4, 0.5) is 0 Å². The zero-order valence-electron chi connectivity index (χ0n) is 15.7. The van der Waals surface area contributed by atoms with Crippen molar-refractivity contribution in [2.45, 2.75) is 38.1 Å². The molecule has 0 spiro atoms. The molecule has 0 bridgehead atoms. The number of hydrogen-bond acceptors (Lipinski definition) is 3. The fourth-order valence-electron chi connectivity index (χ4n) is 3.84. The second kappa shape index (κ2) is 7.43. The molecule has 136 valence electrons. The van der Waals surface area contributed by atoms with Gasteiger partial charge in [-0.1, -0.05) is 23.7 Å². The van der Waals surface area contributed by atoms with Gasteiger partial charge < -0.3 is 15.0 Å². The van der Waals surface area contributed by atoms with Crippen LogP contribution in [0, 0.1) is 5.92 Å². The number of hydrogen-bond donors (Lipinski definition) is 1. The Morgan fingerprint density at radius 1 is 1.20 bits per heavy atom. The first kappa shape index (κ1) is 18.3. The van der Waals surface area contributed by atoms with Crippen LogP contribution in [0.5, 0.6) is 0 Å². The zero-order valence-corrected chi connectivity index (χ0v) is 16.4. The fraction of sp³-hybridized carbons (Fsp3) is 0.524. The molecule has 1 aliphatic carbocycles. The number of piperidine rings is 1. The van der Waals surface area contributed by atoms with Crippen LogP contribution in [-0.4, -0.2) is 37.7 Å². The lowest BCUT2D eigenvalue weighted by Gasteiger charge is -2.45. The van der Waals surface area contributed by atoms with Gasteiger partial charge in [0.2, 0.25) is 0 Å². The summed E-state index contributed by atoms with van der Waals surface area (Å²) in [6.07, 6.45) is 6.57. The summed E-state index contributed by atoms with van der Waals surface area (Å²) in [4.78, 5) is 2.14. The fourth-order valence-corrected chi connectivity index (χ4v) is 3.97. The van der Waals surface area contributed by atoms with E-state index in [4.69, 9.17) is 16.3 Å². The lowest BCUT2D eigenvalue weighted by atomic mass is 9.70. The van der Waals surface area contributed by atoms with E-state index in [1.54, 1.807) is 0 Å². The van der Waals surface area contributed by atoms with Gasteiger partial charge in [0.1, 0.15) is 12.4 Å². The molecule has 2 aliphatic rings. The Kier molecular flexibility index (Phi) is 5.45. The quantitative estimate of drug-likeness (QED) is 0.832. The number of rotatable bonds is 5. The van der Waals surface area contributed by atoms with Crippen LogP contribution < -0.4 is 5.32 Å². The van der Waals surface area contributed by atoms with Crippen molar-refractivity contribution < 1.29 is 4.74 Å². The smallest absolute Gasteiger partial charge is 0.117 e. The average Bonchev–Trinajstić information content (AvgIpc) is 2.53. The second-order valence-corrected chi connectivity index (χ2v) is 8.51. The summed E-state index contributed by atoms with van der Waals surface area (Å²) >= 11 is 6.08. The molecule has 1 N–H and O–H groups in total. The molecule has 1 aromatic carbocycles. The van der Waals surface area contributed by atoms with E-state index in [0.717, 1.165) is 36.8 Å². The van der Waals surface area contributed by atoms with Crippen molar-refractivity contribution in [2.75, 3.05) is 27.2 Å². The maximum atomic E-state index is 6.08. The zero-order chi connectivity index (χ0) is 18.0. The highest BCUT2D eigenvalue weighted by molar-refractivity contribution is 6.30. The number of ether oxygens (including phenoxy) is 1. The van der Waals surface area contributed by atoms with Crippen molar-refractivity contribution in [1.82, 2.24) is 10.2 Å². The predicted molar refractivity (Wildman–Crippen MR) is 105 cm³/mol. The van der Waals surface area contributed by atoms with Gasteiger partial charge in [-0.3, -0.25) is 0 Å². The number of benzene rings is 1. The topological polar surface area (TPSA) is 24.5 Å². The summed E-state index contributed by atoms with van der Waals surface area (Å²) in [5.74, 6) is 1.97. The Hall–Kier alpha value is -1.45. The van der Waals surface area contributed by atoms with Crippen LogP contribution in [0.2, 0.25) is 5.02 Å². The van der Waals surface area contributed by atoms with Gasteiger partial charge >= 0.3 is 0 Å². The molecule has 4 heteroatoms. The van der Waals surface area contributed by atoms with Crippen LogP contribution in [0.1, 0.15) is 38.2 Å². The maximum Gasteiger partial charge on any atom is 0.117 e. The summed E-state index contributed by atoms with van der Waals surface area (Å²) in [5, 5.41) is 4.54. The van der Waals surface area contributed by atoms with E-state index < -0.39 is 0 Å². The monoisotopic (exact) mass is 360 g/mol. The number of halogens is 1. The first-order valence-corrected chi connectivity index (χ1v) is 9.45. The van der Waals surface area contributed by atoms with Gasteiger partial charge in [0.15, 0.2) is 0 Å². The van der Waals surface area contributed by atoms with E-state index >= 15 is 0 Å². The molecule has 1 saturated heterocycles. The van der Waals surface area contributed by atoms with E-state index in [2.05, 4.69) is 62.4 Å². The van der Waals surface area contributed by atoms with E-state index in [0.29, 0.717) is 11.8 Å². The van der Waals surface area contributed by atoms with Crippen molar-refractivity contribution in [1.29, 1.82) is 0 Å². The Morgan fingerprint density at radius 2 is 1.92 bits per heavy atom. The van der Waals surface area contributed by atoms with E-state index in [1.165, 1.54) is 11.3 Å². The summed E-state index contributed by atoms with van der Waals surface area (Å²) in [5.41, 5.74) is 2.75. The highest BCUT2D eigenvalue weighted by Gasteiger charge is 2.39. The molecule has 0 radical (unpaired) electrons. The summed E-state index contributed by atoms with van der Waals surface area (Å²) in [6, 6.07) is 8.37. The minimum absolute atomic E-state index is 0.0682. The molecule has 0 amide bonds. The molecule has 3 nitrogen and oxygen atoms in total. The summed E-state index contributed by atoms with van der Waals surface area (Å²) in [7, 11) is 4.13. The molecule has 1 aromatic rings. The van der Waals surface area contributed by atoms with Crippen molar-refractivity contribution in [2.24, 2.45) is 5.92 Å². The van der Waals surface area contributed by atoms with Crippen LogP contribution in [0.3, 0.4) is 0 Å². The molecule has 25 heavy (non-hydrogen) atoms. The number of fused-ring (bicyclic) bond motifs is 1. The normalized spacial score (nSPS) is 24.9. The van der Waals surface area contributed by atoms with Crippen LogP contribution in [0.15, 0.2) is 47.9 Å². The minimum atomic E-state index is 0.0682. The van der Waals surface area contributed by atoms with E-state index in [9.17, 15) is 0 Å². The molecule has 2 unspecified atom stereocenters. The third kappa shape index (κ3) is 4.59. The highest BCUT2D eigenvalue weighted by Crippen LogP contribution is 2.44. The largest absolute Gasteiger partial charge is 0.493 e. The molecule has 1 aliphatic heterocycles. The average molecular weight is 361 g/mol. The number of likely N-dealkylation sites (N-methyl/N-ethyl adjacent to an activating group) is 1. The van der Waals surface area contributed by atoms with Crippen LogP contribution >= 0.6 is 11.6 Å². The van der Waals surface area contributed by atoms with Gasteiger partial charge in [0.05, 0.1) is 0 Å². The first-order chi connectivity index (χ1) is 11.8. The standard InChI is InChI=1S/C21H29ClN2O/c1-21(2)14-19(15-5-7-16(22)8-6-15)18-10-9-17(13-20(18)23-21)25-12-11-24(3)4/h5-9,13,18-19,23H,10-12,14H2,1-4H3. The Morgan fingerprint density at radius 3 is 2.60 bits per heavy atom. The Balaban J connectivity index is 1.78. The first-order valence-electron chi connectivity index (χ1n) is 9.07. The van der Waals surface area contributed by atoms with Crippen LogP contribution in [-0.2, 0) is 4.74 Å². The molecule has 1 heterocycles. The second-order valence-electron chi connectivity index (χ2n) is 8.07. The van der Waals surface area contributed by atoms with E-state index in [1.807, 2.05) is 12.1 Å². The lowest BCUT2D eigenvalue weighted by molar-refractivity contribution is 0.184. The molecular formula is C21H29ClN2O. The molecule has 0 saturated carbocycles. The summed E-state index contributed by atoms with van der Waals surface area (Å²) < 4.78 is 5.95. The number of nitrogens with zero attached hydrogens (tertiary/aromatic N) is 1. The number of nitrogens with one attached hydrogen (secondary N) is 1. The van der Waals surface area contributed by atoms with Crippen LogP contribution in [0.25, 0.3) is 0 Å². The third-order valence-electron chi connectivity index (χ3n) is 5.07. The summed E-state index contributed by atoms with van der Waals surface area (Å²) in [6.45, 7) is 6.20. The minimum Gasteiger partial charge on any atom is -0.493 e. The molecule has 0 aromatic heterocycles. The van der Waals surface area contributed by atoms with Gasteiger partial charge in [-0.05, 0) is 76.6 Å². The Labute approximate surface area is 156 Å². The van der Waals surface area contributed by atoms with Gasteiger partial charge in [-0.25, -0.2) is 0 Å². The van der Waals surface area contributed by atoms with Crippen molar-refractivity contribution in [3.63, 3.8) is 0 Å². The van der Waals surface area contributed by atoms with Gasteiger partial charge in [-0.15, -0.1) is 0 Å². The Bertz CT molecular complexity index is 661. The third-order valence-corrected chi connectivity index (χ3v) is 5.33. The van der Waals surface area contributed by atoms with E-state index in [-0.39, 0.29) is 5.54 Å².